The molecule has 0 aromatic heterocycles. The Morgan fingerprint density at radius 2 is 0.909 bits per heavy atom. The SMILES string of the molecule is O=[C]=[Ru]([Cl])([Cl])(=[C]=O)(=[C]=O)=[C]=O. The van der Waals surface area contributed by atoms with Crippen LogP contribution in [0.5, 0.6) is 0 Å². The Hall–Kier alpha value is -0.477. The minimum absolute atomic E-state index is 0.703. The van der Waals surface area contributed by atoms with Crippen molar-refractivity contribution in [1.29, 1.82) is 0 Å². The molecule has 0 bridgehead atoms. The molecule has 0 N–H and O–H groups in total. The zero-order valence-corrected chi connectivity index (χ0v) is 7.99. The van der Waals surface area contributed by atoms with Crippen LogP contribution in [0.4, 0.5) is 0 Å². The van der Waals surface area contributed by atoms with Gasteiger partial charge in [0.05, 0.1) is 0 Å². The zero-order chi connectivity index (χ0) is 9.24. The fraction of sp³-hybridized carbons (Fsp3) is 0. The van der Waals surface area contributed by atoms with E-state index < -0.39 is 8.64 Å². The molecule has 0 aliphatic carbocycles. The third-order valence-electron chi connectivity index (χ3n) is 0.651. The van der Waals surface area contributed by atoms with Crippen LogP contribution in [0.3, 0.4) is 0 Å². The number of carbonyl (C=O) groups excluding carboxylic acids is 4. The molecular weight excluding hydrogens is 284 g/mol. The van der Waals surface area contributed by atoms with Crippen LogP contribution < -0.4 is 0 Å². The topological polar surface area (TPSA) is 68.3 Å². The standard InChI is InChI=1S/4CO.2ClH.Ru/c4*1-2;;;/h;;;;2*1H;/q;;;;;;+2/p-2. The van der Waals surface area contributed by atoms with Gasteiger partial charge in [-0.05, 0) is 0 Å². The Morgan fingerprint density at radius 1 is 0.727 bits per heavy atom. The molecule has 0 amide bonds. The van der Waals surface area contributed by atoms with Crippen LogP contribution in [0, 0.1) is 0 Å². The average Bonchev–Trinajstić information content (AvgIpc) is 2.07. The van der Waals surface area contributed by atoms with E-state index >= 15 is 0 Å². The quantitative estimate of drug-likeness (QED) is 0.577. The number of hydrogen-bond acceptors (Lipinski definition) is 4. The Balaban J connectivity index is 8.83. The molecule has 7 heteroatoms. The van der Waals surface area contributed by atoms with Crippen molar-refractivity contribution in [3.05, 3.63) is 0 Å². The fourth-order valence-corrected chi connectivity index (χ4v) is 0.523. The van der Waals surface area contributed by atoms with Crippen molar-refractivity contribution in [2.45, 2.75) is 0 Å². The number of hydrogen-bond donors (Lipinski definition) is 0. The summed E-state index contributed by atoms with van der Waals surface area (Å²) < 4.78 is 2.81. The molecule has 4 nitrogen and oxygen atoms in total. The molecule has 0 heterocycles. The maximum absolute atomic E-state index is 10.1. The monoisotopic (exact) mass is 284 g/mol. The molecule has 0 rings (SSSR count). The van der Waals surface area contributed by atoms with Crippen molar-refractivity contribution in [2.75, 3.05) is 0 Å². The second-order valence-electron chi connectivity index (χ2n) is 1.40. The Labute approximate surface area is 65.2 Å². The van der Waals surface area contributed by atoms with Crippen LogP contribution in [0.1, 0.15) is 0 Å². The molecule has 0 atom stereocenters. The van der Waals surface area contributed by atoms with E-state index in [2.05, 4.69) is 0 Å². The molecule has 0 aliphatic rings. The molecule has 62 valence electrons. The molecule has 0 unspecified atom stereocenters. The van der Waals surface area contributed by atoms with Gasteiger partial charge in [-0.15, -0.1) is 0 Å². The van der Waals surface area contributed by atoms with E-state index in [0.29, 0.717) is 17.9 Å². The summed E-state index contributed by atoms with van der Waals surface area (Å²) in [5.74, 6) is 0. The molecule has 0 radical (unpaired) electrons. The van der Waals surface area contributed by atoms with Crippen molar-refractivity contribution in [3.63, 3.8) is 0 Å². The van der Waals surface area contributed by atoms with Gasteiger partial charge in [-0.25, -0.2) is 0 Å². The van der Waals surface area contributed by atoms with Crippen molar-refractivity contribution in [3.8, 4) is 0 Å². The molecule has 0 spiro atoms. The molecule has 0 aromatic carbocycles. The van der Waals surface area contributed by atoms with Gasteiger partial charge in [0, 0.05) is 0 Å². The Morgan fingerprint density at radius 3 is 0.909 bits per heavy atom. The third kappa shape index (κ3) is 1.41. The van der Waals surface area contributed by atoms with E-state index in [0.717, 1.165) is 0 Å². The van der Waals surface area contributed by atoms with Crippen LogP contribution in [0.25, 0.3) is 0 Å². The van der Waals surface area contributed by atoms with E-state index in [1.807, 2.05) is 0 Å². The van der Waals surface area contributed by atoms with Crippen molar-refractivity contribution >= 4 is 37.3 Å². The predicted molar refractivity (Wildman–Crippen MR) is 34.5 cm³/mol. The molecule has 11 heavy (non-hydrogen) atoms. The number of halogens is 2. The van der Waals surface area contributed by atoms with Gasteiger partial charge in [-0.1, -0.05) is 0 Å². The first kappa shape index (κ1) is 10.5. The first-order valence-electron chi connectivity index (χ1n) is 1.79. The normalized spacial score (nSPS) is 15.8. The summed E-state index contributed by atoms with van der Waals surface area (Å²) in [6, 6.07) is 0. The first-order chi connectivity index (χ1) is 4.80. The molecule has 0 saturated heterocycles. The van der Waals surface area contributed by atoms with Crippen LogP contribution >= 0.6 is 19.4 Å². The van der Waals surface area contributed by atoms with Crippen molar-refractivity contribution < 1.29 is 27.8 Å². The summed E-state index contributed by atoms with van der Waals surface area (Å²) in [6.45, 7) is 0. The molecule has 0 aliphatic heterocycles. The van der Waals surface area contributed by atoms with Gasteiger partial charge in [0.25, 0.3) is 0 Å². The molecular formula is C4Cl2O4Ru. The van der Waals surface area contributed by atoms with E-state index in [4.69, 9.17) is 19.4 Å². The molecule has 0 fully saturated rings. The summed E-state index contributed by atoms with van der Waals surface area (Å²) in [4.78, 5) is 40.3. The summed E-state index contributed by atoms with van der Waals surface area (Å²) in [5, 5.41) is 0. The van der Waals surface area contributed by atoms with Gasteiger partial charge in [-0.3, -0.25) is 0 Å². The zero-order valence-electron chi connectivity index (χ0n) is 4.74. The summed E-state index contributed by atoms with van der Waals surface area (Å²) in [5.41, 5.74) is 0. The first-order valence-corrected chi connectivity index (χ1v) is 9.74. The van der Waals surface area contributed by atoms with Crippen LogP contribution in [0.15, 0.2) is 0 Å². The second-order valence-corrected chi connectivity index (χ2v) is 17.0. The Kier molecular flexibility index (Phi) is 1.93. The Bertz CT molecular complexity index is 549. The van der Waals surface area contributed by atoms with E-state index in [1.54, 1.807) is 0 Å². The van der Waals surface area contributed by atoms with E-state index in [1.165, 1.54) is 0 Å². The number of rotatable bonds is 0. The summed E-state index contributed by atoms with van der Waals surface area (Å²) >= 11 is 0. The second kappa shape index (κ2) is 2.02. The molecule has 0 saturated carbocycles. The average molecular weight is 284 g/mol. The van der Waals surface area contributed by atoms with Gasteiger partial charge in [-0.2, -0.15) is 0 Å². The summed E-state index contributed by atoms with van der Waals surface area (Å²) in [6.07, 6.45) is 0. The van der Waals surface area contributed by atoms with E-state index in [-0.39, 0.29) is 0 Å². The van der Waals surface area contributed by atoms with E-state index in [9.17, 15) is 19.2 Å². The van der Waals surface area contributed by atoms with Gasteiger partial charge in [0.2, 0.25) is 0 Å². The maximum atomic E-state index is 10.1. The van der Waals surface area contributed by atoms with Crippen LogP contribution in [-0.4, -0.2) is 17.9 Å². The van der Waals surface area contributed by atoms with Gasteiger partial charge in [0.1, 0.15) is 0 Å². The predicted octanol–water partition coefficient (Wildman–Crippen LogP) is -0.212. The van der Waals surface area contributed by atoms with Gasteiger partial charge < -0.3 is 0 Å². The third-order valence-corrected chi connectivity index (χ3v) is 6.43. The van der Waals surface area contributed by atoms with Crippen molar-refractivity contribution in [1.82, 2.24) is 0 Å². The van der Waals surface area contributed by atoms with Crippen LogP contribution in [-0.2, 0) is 27.8 Å². The van der Waals surface area contributed by atoms with Crippen LogP contribution in [0.2, 0.25) is 0 Å². The summed E-state index contributed by atoms with van der Waals surface area (Å²) in [7, 11) is 3.53. The minimum atomic E-state index is -6.55. The van der Waals surface area contributed by atoms with Crippen molar-refractivity contribution in [2.24, 2.45) is 0 Å². The fourth-order valence-electron chi connectivity index (χ4n) is 0.0884. The molecule has 0 aromatic rings. The van der Waals surface area contributed by atoms with Gasteiger partial charge >= 0.3 is 65.1 Å². The van der Waals surface area contributed by atoms with Gasteiger partial charge in [0.15, 0.2) is 0 Å².